The van der Waals surface area contributed by atoms with Crippen molar-refractivity contribution in [2.75, 3.05) is 5.73 Å². The predicted octanol–water partition coefficient (Wildman–Crippen LogP) is 2.64. The number of nitrogens with one attached hydrogen (secondary N) is 1. The third-order valence-corrected chi connectivity index (χ3v) is 5.06. The molecule has 5 heteroatoms. The molecule has 0 saturated heterocycles. The normalized spacial score (nSPS) is 20.8. The molecule has 0 spiro atoms. The molecule has 1 amide bonds. The van der Waals surface area contributed by atoms with E-state index in [1.165, 1.54) is 4.88 Å². The number of anilines is 1. The highest BCUT2D eigenvalue weighted by Gasteiger charge is 2.38. The van der Waals surface area contributed by atoms with E-state index >= 15 is 0 Å². The van der Waals surface area contributed by atoms with Crippen LogP contribution in [-0.2, 0) is 23.2 Å². The van der Waals surface area contributed by atoms with Gasteiger partial charge in [-0.15, -0.1) is 11.3 Å². The van der Waals surface area contributed by atoms with E-state index in [0.29, 0.717) is 18.0 Å². The van der Waals surface area contributed by atoms with Crippen LogP contribution in [0, 0.1) is 0 Å². The molecule has 1 unspecified atom stereocenters. The summed E-state index contributed by atoms with van der Waals surface area (Å²) < 4.78 is 0. The Bertz CT molecular complexity index is 653. The molecular weight excluding hydrogens is 282 g/mol. The number of hydrogen-bond donors (Lipinski definition) is 2. The second kappa shape index (κ2) is 5.48. The van der Waals surface area contributed by atoms with Gasteiger partial charge in [-0.05, 0) is 18.4 Å². The Hall–Kier alpha value is -1.88. The number of benzene rings is 1. The van der Waals surface area contributed by atoms with Gasteiger partial charge in [0, 0.05) is 17.7 Å². The van der Waals surface area contributed by atoms with Crippen molar-refractivity contribution in [2.24, 2.45) is 0 Å². The summed E-state index contributed by atoms with van der Waals surface area (Å²) in [7, 11) is 0. The van der Waals surface area contributed by atoms with Crippen LogP contribution < -0.4 is 11.1 Å². The van der Waals surface area contributed by atoms with Crippen LogP contribution in [0.3, 0.4) is 0 Å². The Morgan fingerprint density at radius 2 is 2.19 bits per heavy atom. The fourth-order valence-electron chi connectivity index (χ4n) is 2.98. The molecule has 0 radical (unpaired) electrons. The highest BCUT2D eigenvalue weighted by atomic mass is 32.1. The second-order valence-electron chi connectivity index (χ2n) is 5.45. The third kappa shape index (κ3) is 2.65. The quantitative estimate of drug-likeness (QED) is 0.915. The van der Waals surface area contributed by atoms with Crippen LogP contribution >= 0.6 is 11.3 Å². The minimum Gasteiger partial charge on any atom is -0.375 e. The van der Waals surface area contributed by atoms with Crippen molar-refractivity contribution in [3.05, 3.63) is 46.5 Å². The Kier molecular flexibility index (Phi) is 3.68. The lowest BCUT2D eigenvalue weighted by Gasteiger charge is -2.38. The van der Waals surface area contributed by atoms with Crippen LogP contribution in [0.1, 0.15) is 35.9 Å². The number of aromatic nitrogens is 1. The number of rotatable bonds is 3. The zero-order chi connectivity index (χ0) is 14.9. The summed E-state index contributed by atoms with van der Waals surface area (Å²) in [5.41, 5.74) is 7.65. The van der Waals surface area contributed by atoms with Crippen molar-refractivity contribution in [3.8, 4) is 0 Å². The van der Waals surface area contributed by atoms with Crippen molar-refractivity contribution in [3.63, 3.8) is 0 Å². The molecule has 2 aromatic rings. The molecule has 110 valence electrons. The molecule has 0 saturated carbocycles. The van der Waals surface area contributed by atoms with Gasteiger partial charge in [0.05, 0.1) is 11.2 Å². The Labute approximate surface area is 128 Å². The van der Waals surface area contributed by atoms with Crippen LogP contribution in [0.2, 0.25) is 0 Å². The van der Waals surface area contributed by atoms with Crippen LogP contribution in [0.5, 0.6) is 0 Å². The van der Waals surface area contributed by atoms with Crippen LogP contribution in [-0.4, -0.2) is 10.9 Å². The summed E-state index contributed by atoms with van der Waals surface area (Å²) in [6.07, 6.45) is 2.99. The molecule has 3 rings (SSSR count). The summed E-state index contributed by atoms with van der Waals surface area (Å²) in [5, 5.41) is 3.85. The molecule has 4 nitrogen and oxygen atoms in total. The maximum Gasteiger partial charge on any atom is 0.220 e. The maximum atomic E-state index is 12.0. The minimum absolute atomic E-state index is 0.0745. The number of nitrogens with two attached hydrogens (primary N) is 1. The standard InChI is InChI=1S/C16H19N3OS/c1-2-14(20)19-16(11-6-4-3-5-7-11)9-8-13-12(10-16)18-15(17)21-13/h3-7H,2,8-10H2,1H3,(H2,17,18)(H,19,20). The van der Waals surface area contributed by atoms with Gasteiger partial charge in [0.1, 0.15) is 0 Å². The first-order valence-electron chi connectivity index (χ1n) is 7.23. The number of carbonyl (C=O) groups excluding carboxylic acids is 1. The van der Waals surface area contributed by atoms with Gasteiger partial charge >= 0.3 is 0 Å². The zero-order valence-electron chi connectivity index (χ0n) is 12.1. The van der Waals surface area contributed by atoms with Gasteiger partial charge in [0.25, 0.3) is 0 Å². The topological polar surface area (TPSA) is 68.0 Å². The molecule has 1 aliphatic rings. The van der Waals surface area contributed by atoms with Gasteiger partial charge in [-0.1, -0.05) is 37.3 Å². The lowest BCUT2D eigenvalue weighted by Crippen LogP contribution is -2.49. The average molecular weight is 301 g/mol. The summed E-state index contributed by atoms with van der Waals surface area (Å²) in [6.45, 7) is 1.88. The van der Waals surface area contributed by atoms with Gasteiger partial charge in [-0.2, -0.15) is 0 Å². The van der Waals surface area contributed by atoms with E-state index < -0.39 is 0 Å². The van der Waals surface area contributed by atoms with E-state index in [1.807, 2.05) is 25.1 Å². The zero-order valence-corrected chi connectivity index (χ0v) is 12.9. The van der Waals surface area contributed by atoms with Crippen LogP contribution in [0.25, 0.3) is 0 Å². The van der Waals surface area contributed by atoms with Crippen molar-refractivity contribution in [1.29, 1.82) is 0 Å². The summed E-state index contributed by atoms with van der Waals surface area (Å²) in [5.74, 6) is 0.0745. The third-order valence-electron chi connectivity index (χ3n) is 4.07. The lowest BCUT2D eigenvalue weighted by molar-refractivity contribution is -0.123. The number of nitrogens with zero attached hydrogens (tertiary/aromatic N) is 1. The molecule has 1 aromatic carbocycles. The van der Waals surface area contributed by atoms with Crippen molar-refractivity contribution in [1.82, 2.24) is 10.3 Å². The Morgan fingerprint density at radius 1 is 1.43 bits per heavy atom. The molecule has 21 heavy (non-hydrogen) atoms. The molecule has 1 aliphatic carbocycles. The monoisotopic (exact) mass is 301 g/mol. The predicted molar refractivity (Wildman–Crippen MR) is 85.1 cm³/mol. The number of nitrogen functional groups attached to an aromatic ring is 1. The van der Waals surface area contributed by atoms with Crippen molar-refractivity contribution < 1.29 is 4.79 Å². The maximum absolute atomic E-state index is 12.0. The average Bonchev–Trinajstić information content (AvgIpc) is 2.87. The van der Waals surface area contributed by atoms with E-state index in [4.69, 9.17) is 5.73 Å². The molecule has 1 atom stereocenters. The van der Waals surface area contributed by atoms with E-state index in [2.05, 4.69) is 22.4 Å². The van der Waals surface area contributed by atoms with E-state index in [0.717, 1.165) is 24.1 Å². The highest BCUT2D eigenvalue weighted by Crippen LogP contribution is 2.39. The first-order valence-corrected chi connectivity index (χ1v) is 8.05. The summed E-state index contributed by atoms with van der Waals surface area (Å²) in [4.78, 5) is 17.7. The number of aryl methyl sites for hydroxylation is 1. The van der Waals surface area contributed by atoms with Gasteiger partial charge < -0.3 is 11.1 Å². The van der Waals surface area contributed by atoms with Crippen molar-refractivity contribution >= 4 is 22.4 Å². The first kappa shape index (κ1) is 14.1. The SMILES string of the molecule is CCC(=O)NC1(c2ccccc2)CCc2sc(N)nc2C1. The fourth-order valence-corrected chi connectivity index (χ4v) is 3.82. The van der Waals surface area contributed by atoms with Gasteiger partial charge in [-0.3, -0.25) is 4.79 Å². The number of fused-ring (bicyclic) bond motifs is 1. The largest absolute Gasteiger partial charge is 0.375 e. The molecule has 3 N–H and O–H groups in total. The van der Waals surface area contributed by atoms with Gasteiger partial charge in [-0.25, -0.2) is 4.98 Å². The number of amides is 1. The molecular formula is C16H19N3OS. The van der Waals surface area contributed by atoms with Crippen LogP contribution in [0.4, 0.5) is 5.13 Å². The summed E-state index contributed by atoms with van der Waals surface area (Å²) >= 11 is 1.56. The summed E-state index contributed by atoms with van der Waals surface area (Å²) in [6, 6.07) is 10.2. The Balaban J connectivity index is 2.00. The molecule has 1 heterocycles. The molecule has 0 bridgehead atoms. The number of carbonyl (C=O) groups is 1. The van der Waals surface area contributed by atoms with Gasteiger partial charge in [0.15, 0.2) is 5.13 Å². The molecule has 1 aromatic heterocycles. The highest BCUT2D eigenvalue weighted by molar-refractivity contribution is 7.15. The fraction of sp³-hybridized carbons (Fsp3) is 0.375. The second-order valence-corrected chi connectivity index (χ2v) is 6.56. The van der Waals surface area contributed by atoms with Crippen molar-refractivity contribution in [2.45, 2.75) is 38.1 Å². The van der Waals surface area contributed by atoms with E-state index in [1.54, 1.807) is 11.3 Å². The lowest BCUT2D eigenvalue weighted by atomic mass is 9.77. The van der Waals surface area contributed by atoms with E-state index in [9.17, 15) is 4.79 Å². The van der Waals surface area contributed by atoms with E-state index in [-0.39, 0.29) is 11.4 Å². The number of hydrogen-bond acceptors (Lipinski definition) is 4. The molecule has 0 aliphatic heterocycles. The first-order chi connectivity index (χ1) is 10.1. The Morgan fingerprint density at radius 3 is 2.90 bits per heavy atom. The van der Waals surface area contributed by atoms with Gasteiger partial charge in [0.2, 0.25) is 5.91 Å². The molecule has 0 fully saturated rings. The minimum atomic E-state index is -0.359. The van der Waals surface area contributed by atoms with Crippen LogP contribution in [0.15, 0.2) is 30.3 Å². The smallest absolute Gasteiger partial charge is 0.220 e. The number of thiazole rings is 1.